The van der Waals surface area contributed by atoms with E-state index in [1.54, 1.807) is 0 Å². The van der Waals surface area contributed by atoms with E-state index >= 15 is 0 Å². The average molecular weight is 197 g/mol. The molecule has 1 aromatic heterocycles. The lowest BCUT2D eigenvalue weighted by Gasteiger charge is -2.38. The van der Waals surface area contributed by atoms with Crippen LogP contribution in [-0.4, -0.2) is 24.7 Å². The van der Waals surface area contributed by atoms with Crippen LogP contribution in [0.5, 0.6) is 0 Å². The maximum absolute atomic E-state index is 11.6. The molecular formula is C9H11NO2S. The molecule has 0 spiro atoms. The number of thiophene rings is 1. The minimum absolute atomic E-state index is 0.000741. The Kier molecular flexibility index (Phi) is 2.09. The van der Waals surface area contributed by atoms with Gasteiger partial charge in [0.2, 0.25) is 0 Å². The molecular weight excluding hydrogens is 186 g/mol. The Labute approximate surface area is 80.7 Å². The summed E-state index contributed by atoms with van der Waals surface area (Å²) in [6.07, 6.45) is 0. The van der Waals surface area contributed by atoms with E-state index in [0.29, 0.717) is 13.2 Å². The minimum atomic E-state index is -0.152. The Morgan fingerprint density at radius 3 is 2.92 bits per heavy atom. The van der Waals surface area contributed by atoms with E-state index in [1.165, 1.54) is 11.3 Å². The Morgan fingerprint density at radius 1 is 1.69 bits per heavy atom. The van der Waals surface area contributed by atoms with Gasteiger partial charge >= 0.3 is 0 Å². The molecule has 0 radical (unpaired) electrons. The van der Waals surface area contributed by atoms with Crippen molar-refractivity contribution < 1.29 is 9.53 Å². The summed E-state index contributed by atoms with van der Waals surface area (Å²) in [6.45, 7) is 3.22. The normalized spacial score (nSPS) is 19.2. The minimum Gasteiger partial charge on any atom is -0.376 e. The zero-order valence-electron chi connectivity index (χ0n) is 7.37. The van der Waals surface area contributed by atoms with Gasteiger partial charge in [0.05, 0.1) is 23.6 Å². The Morgan fingerprint density at radius 2 is 2.46 bits per heavy atom. The van der Waals surface area contributed by atoms with E-state index in [0.717, 1.165) is 4.88 Å². The lowest BCUT2D eigenvalue weighted by Crippen LogP contribution is -2.59. The molecule has 70 valence electrons. The van der Waals surface area contributed by atoms with Crippen LogP contribution < -0.4 is 5.32 Å². The van der Waals surface area contributed by atoms with Crippen molar-refractivity contribution in [2.75, 3.05) is 13.2 Å². The first kappa shape index (κ1) is 8.72. The highest BCUT2D eigenvalue weighted by atomic mass is 32.1. The van der Waals surface area contributed by atoms with E-state index in [9.17, 15) is 4.79 Å². The molecule has 0 unspecified atom stereocenters. The number of ether oxygens (including phenoxy) is 1. The summed E-state index contributed by atoms with van der Waals surface area (Å²) in [5.74, 6) is 0.000741. The van der Waals surface area contributed by atoms with Crippen LogP contribution in [0, 0.1) is 0 Å². The van der Waals surface area contributed by atoms with Gasteiger partial charge in [0.1, 0.15) is 0 Å². The zero-order valence-corrected chi connectivity index (χ0v) is 8.19. The largest absolute Gasteiger partial charge is 0.376 e. The summed E-state index contributed by atoms with van der Waals surface area (Å²) in [4.78, 5) is 12.3. The Balaban J connectivity index is 1.99. The van der Waals surface area contributed by atoms with Crippen LogP contribution in [0.1, 0.15) is 16.6 Å². The van der Waals surface area contributed by atoms with Crippen molar-refractivity contribution in [1.82, 2.24) is 5.32 Å². The summed E-state index contributed by atoms with van der Waals surface area (Å²) in [5, 5.41) is 4.84. The number of rotatable bonds is 2. The molecule has 1 fully saturated rings. The highest BCUT2D eigenvalue weighted by Gasteiger charge is 2.35. The second-order valence-electron chi connectivity index (χ2n) is 3.48. The fourth-order valence-corrected chi connectivity index (χ4v) is 1.84. The van der Waals surface area contributed by atoms with Gasteiger partial charge in [-0.15, -0.1) is 11.3 Å². The molecule has 1 aliphatic heterocycles. The Hall–Kier alpha value is -0.870. The van der Waals surface area contributed by atoms with Gasteiger partial charge < -0.3 is 10.1 Å². The van der Waals surface area contributed by atoms with Crippen molar-refractivity contribution in [3.63, 3.8) is 0 Å². The molecule has 1 N–H and O–H groups in total. The van der Waals surface area contributed by atoms with Crippen LogP contribution in [0.2, 0.25) is 0 Å². The smallest absolute Gasteiger partial charge is 0.261 e. The Bertz CT molecular complexity index is 303. The number of nitrogens with one attached hydrogen (secondary N) is 1. The SMILES string of the molecule is CC1(NC(=O)c2cccs2)COC1. The van der Waals surface area contributed by atoms with Crippen LogP contribution >= 0.6 is 11.3 Å². The number of hydrogen-bond donors (Lipinski definition) is 1. The first-order valence-electron chi connectivity index (χ1n) is 4.13. The summed E-state index contributed by atoms with van der Waals surface area (Å²) in [6, 6.07) is 3.70. The van der Waals surface area contributed by atoms with Crippen molar-refractivity contribution in [2.24, 2.45) is 0 Å². The highest BCUT2D eigenvalue weighted by molar-refractivity contribution is 7.12. The van der Waals surface area contributed by atoms with Crippen LogP contribution in [-0.2, 0) is 4.74 Å². The summed E-state index contributed by atoms with van der Waals surface area (Å²) in [5.41, 5.74) is -0.152. The van der Waals surface area contributed by atoms with E-state index in [2.05, 4.69) is 5.32 Å². The lowest BCUT2D eigenvalue weighted by atomic mass is 10.0. The first-order valence-corrected chi connectivity index (χ1v) is 5.01. The number of carbonyl (C=O) groups excluding carboxylic acids is 1. The fourth-order valence-electron chi connectivity index (χ4n) is 1.22. The molecule has 2 heterocycles. The third kappa shape index (κ3) is 1.73. The molecule has 1 aliphatic rings. The number of hydrogen-bond acceptors (Lipinski definition) is 3. The third-order valence-electron chi connectivity index (χ3n) is 2.00. The molecule has 0 bridgehead atoms. The molecule has 13 heavy (non-hydrogen) atoms. The van der Waals surface area contributed by atoms with Crippen LogP contribution in [0.15, 0.2) is 17.5 Å². The first-order chi connectivity index (χ1) is 6.20. The predicted molar refractivity (Wildman–Crippen MR) is 51.0 cm³/mol. The second-order valence-corrected chi connectivity index (χ2v) is 4.43. The molecule has 1 amide bonds. The predicted octanol–water partition coefficient (Wildman–Crippen LogP) is 1.27. The fraction of sp³-hybridized carbons (Fsp3) is 0.444. The summed E-state index contributed by atoms with van der Waals surface area (Å²) >= 11 is 1.45. The van der Waals surface area contributed by atoms with E-state index in [1.807, 2.05) is 24.4 Å². The van der Waals surface area contributed by atoms with Gasteiger partial charge in [-0.1, -0.05) is 6.07 Å². The average Bonchev–Trinajstić information content (AvgIpc) is 2.53. The number of amides is 1. The second kappa shape index (κ2) is 3.12. The van der Waals surface area contributed by atoms with Gasteiger partial charge in [0.15, 0.2) is 0 Å². The molecule has 0 aromatic carbocycles. The van der Waals surface area contributed by atoms with E-state index in [4.69, 9.17) is 4.74 Å². The third-order valence-corrected chi connectivity index (χ3v) is 2.87. The van der Waals surface area contributed by atoms with Crippen LogP contribution in [0.4, 0.5) is 0 Å². The van der Waals surface area contributed by atoms with Crippen molar-refractivity contribution in [3.8, 4) is 0 Å². The van der Waals surface area contributed by atoms with Gasteiger partial charge in [0.25, 0.3) is 5.91 Å². The van der Waals surface area contributed by atoms with Gasteiger partial charge in [-0.3, -0.25) is 4.79 Å². The molecule has 1 aromatic rings. The highest BCUT2D eigenvalue weighted by Crippen LogP contribution is 2.17. The quantitative estimate of drug-likeness (QED) is 0.775. The van der Waals surface area contributed by atoms with Crippen LogP contribution in [0.3, 0.4) is 0 Å². The molecule has 0 atom stereocenters. The van der Waals surface area contributed by atoms with E-state index < -0.39 is 0 Å². The topological polar surface area (TPSA) is 38.3 Å². The van der Waals surface area contributed by atoms with Crippen LogP contribution in [0.25, 0.3) is 0 Å². The maximum Gasteiger partial charge on any atom is 0.261 e. The van der Waals surface area contributed by atoms with E-state index in [-0.39, 0.29) is 11.4 Å². The molecule has 0 saturated carbocycles. The standard InChI is InChI=1S/C9H11NO2S/c1-9(5-12-6-9)10-8(11)7-3-2-4-13-7/h2-4H,5-6H2,1H3,(H,10,11). The van der Waals surface area contributed by atoms with Gasteiger partial charge in [0, 0.05) is 0 Å². The van der Waals surface area contributed by atoms with Gasteiger partial charge in [-0.2, -0.15) is 0 Å². The molecule has 1 saturated heterocycles. The van der Waals surface area contributed by atoms with Crippen molar-refractivity contribution >= 4 is 17.2 Å². The summed E-state index contributed by atoms with van der Waals surface area (Å²) < 4.78 is 5.04. The van der Waals surface area contributed by atoms with Gasteiger partial charge in [-0.25, -0.2) is 0 Å². The van der Waals surface area contributed by atoms with Crippen molar-refractivity contribution in [3.05, 3.63) is 22.4 Å². The monoisotopic (exact) mass is 197 g/mol. The zero-order chi connectivity index (χ0) is 9.31. The molecule has 2 rings (SSSR count). The van der Waals surface area contributed by atoms with Crippen molar-refractivity contribution in [2.45, 2.75) is 12.5 Å². The maximum atomic E-state index is 11.6. The van der Waals surface area contributed by atoms with Gasteiger partial charge in [-0.05, 0) is 18.4 Å². The molecule has 3 nitrogen and oxygen atoms in total. The number of carbonyl (C=O) groups is 1. The molecule has 4 heteroatoms. The van der Waals surface area contributed by atoms with Crippen molar-refractivity contribution in [1.29, 1.82) is 0 Å². The molecule has 0 aliphatic carbocycles. The lowest BCUT2D eigenvalue weighted by molar-refractivity contribution is -0.0593. The summed E-state index contributed by atoms with van der Waals surface area (Å²) in [7, 11) is 0.